The van der Waals surface area contributed by atoms with E-state index in [0.29, 0.717) is 18.5 Å². The van der Waals surface area contributed by atoms with Crippen molar-refractivity contribution in [1.82, 2.24) is 9.97 Å². The quantitative estimate of drug-likeness (QED) is 0.858. The number of rotatable bonds is 5. The van der Waals surface area contributed by atoms with Gasteiger partial charge in [0.1, 0.15) is 5.82 Å². The molecule has 1 aromatic heterocycles. The van der Waals surface area contributed by atoms with Crippen molar-refractivity contribution in [3.8, 4) is 0 Å². The SMILES string of the molecule is Cc1cc(NC2CCCC2)nc(NCc2ccccc2Cl)n1. The Labute approximate surface area is 136 Å². The fourth-order valence-corrected chi connectivity index (χ4v) is 3.02. The maximum absolute atomic E-state index is 6.17. The Hall–Kier alpha value is -1.81. The molecule has 0 aliphatic heterocycles. The third-order valence-corrected chi connectivity index (χ3v) is 4.32. The first-order valence-corrected chi connectivity index (χ1v) is 8.18. The number of hydrogen-bond acceptors (Lipinski definition) is 4. The van der Waals surface area contributed by atoms with E-state index in [-0.39, 0.29) is 0 Å². The number of nitrogens with zero attached hydrogens (tertiary/aromatic N) is 2. The molecule has 0 spiro atoms. The predicted octanol–water partition coefficient (Wildman–Crippen LogP) is 4.41. The minimum absolute atomic E-state index is 0.547. The van der Waals surface area contributed by atoms with Gasteiger partial charge < -0.3 is 10.6 Å². The Morgan fingerprint density at radius 3 is 2.73 bits per heavy atom. The summed E-state index contributed by atoms with van der Waals surface area (Å²) in [6.45, 7) is 2.61. The van der Waals surface area contributed by atoms with Crippen molar-refractivity contribution < 1.29 is 0 Å². The average Bonchev–Trinajstić information content (AvgIpc) is 2.99. The summed E-state index contributed by atoms with van der Waals surface area (Å²) >= 11 is 6.17. The summed E-state index contributed by atoms with van der Waals surface area (Å²) in [4.78, 5) is 9.01. The van der Waals surface area contributed by atoms with E-state index in [1.807, 2.05) is 37.3 Å². The second-order valence-electron chi connectivity index (χ2n) is 5.79. The summed E-state index contributed by atoms with van der Waals surface area (Å²) < 4.78 is 0. The van der Waals surface area contributed by atoms with Crippen molar-refractivity contribution in [3.63, 3.8) is 0 Å². The highest BCUT2D eigenvalue weighted by Gasteiger charge is 2.15. The van der Waals surface area contributed by atoms with Gasteiger partial charge in [-0.3, -0.25) is 0 Å². The lowest BCUT2D eigenvalue weighted by atomic mass is 10.2. The lowest BCUT2D eigenvalue weighted by molar-refractivity contribution is 0.749. The van der Waals surface area contributed by atoms with Crippen molar-refractivity contribution in [2.45, 2.75) is 45.2 Å². The summed E-state index contributed by atoms with van der Waals surface area (Å²) in [7, 11) is 0. The zero-order chi connectivity index (χ0) is 15.4. The molecule has 1 heterocycles. The standard InChI is InChI=1S/C17H21ClN4/c1-12-10-16(21-14-7-3-4-8-14)22-17(20-12)19-11-13-6-2-5-9-15(13)18/h2,5-6,9-10,14H,3-4,7-8,11H2,1H3,(H2,19,20,21,22). The molecule has 0 unspecified atom stereocenters. The molecule has 1 aliphatic carbocycles. The minimum atomic E-state index is 0.547. The first-order chi connectivity index (χ1) is 10.7. The molecule has 0 radical (unpaired) electrons. The lowest BCUT2D eigenvalue weighted by Crippen LogP contribution is -2.16. The number of nitrogens with one attached hydrogen (secondary N) is 2. The fraction of sp³-hybridized carbons (Fsp3) is 0.412. The maximum atomic E-state index is 6.17. The topological polar surface area (TPSA) is 49.8 Å². The molecule has 1 aliphatic rings. The monoisotopic (exact) mass is 316 g/mol. The number of anilines is 2. The summed E-state index contributed by atoms with van der Waals surface area (Å²) in [5.41, 5.74) is 2.00. The van der Waals surface area contributed by atoms with E-state index in [1.165, 1.54) is 25.7 Å². The van der Waals surface area contributed by atoms with E-state index in [0.717, 1.165) is 22.1 Å². The van der Waals surface area contributed by atoms with Crippen LogP contribution in [0.25, 0.3) is 0 Å². The normalized spacial score (nSPS) is 15.0. The maximum Gasteiger partial charge on any atom is 0.225 e. The van der Waals surface area contributed by atoms with Crippen molar-refractivity contribution in [1.29, 1.82) is 0 Å². The molecular weight excluding hydrogens is 296 g/mol. The number of aromatic nitrogens is 2. The van der Waals surface area contributed by atoms with Gasteiger partial charge in [-0.05, 0) is 31.4 Å². The van der Waals surface area contributed by atoms with Crippen LogP contribution < -0.4 is 10.6 Å². The molecule has 0 saturated heterocycles. The number of benzene rings is 1. The van der Waals surface area contributed by atoms with Crippen LogP contribution in [0.4, 0.5) is 11.8 Å². The zero-order valence-electron chi connectivity index (χ0n) is 12.8. The number of hydrogen-bond donors (Lipinski definition) is 2. The van der Waals surface area contributed by atoms with Crippen molar-refractivity contribution in [3.05, 3.63) is 46.6 Å². The predicted molar refractivity (Wildman–Crippen MR) is 91.4 cm³/mol. The fourth-order valence-electron chi connectivity index (χ4n) is 2.82. The molecule has 2 N–H and O–H groups in total. The van der Waals surface area contributed by atoms with Crippen LogP contribution in [-0.2, 0) is 6.54 Å². The van der Waals surface area contributed by atoms with Gasteiger partial charge >= 0.3 is 0 Å². The highest BCUT2D eigenvalue weighted by atomic mass is 35.5. The van der Waals surface area contributed by atoms with Gasteiger partial charge in [0.15, 0.2) is 0 Å². The molecule has 5 heteroatoms. The van der Waals surface area contributed by atoms with Crippen molar-refractivity contribution in [2.75, 3.05) is 10.6 Å². The zero-order valence-corrected chi connectivity index (χ0v) is 13.5. The molecule has 3 rings (SSSR count). The van der Waals surface area contributed by atoms with Crippen LogP contribution in [0, 0.1) is 6.92 Å². The second kappa shape index (κ2) is 6.97. The summed E-state index contributed by atoms with van der Waals surface area (Å²) in [6.07, 6.45) is 5.07. The van der Waals surface area contributed by atoms with Gasteiger partial charge in [-0.25, -0.2) is 4.98 Å². The van der Waals surface area contributed by atoms with Crippen LogP contribution >= 0.6 is 11.6 Å². The second-order valence-corrected chi connectivity index (χ2v) is 6.20. The average molecular weight is 317 g/mol. The first-order valence-electron chi connectivity index (χ1n) is 7.80. The molecule has 1 aromatic carbocycles. The molecule has 1 fully saturated rings. The summed E-state index contributed by atoms with van der Waals surface area (Å²) in [6, 6.07) is 10.3. The van der Waals surface area contributed by atoms with Crippen LogP contribution in [0.3, 0.4) is 0 Å². The van der Waals surface area contributed by atoms with Crippen molar-refractivity contribution >= 4 is 23.4 Å². The number of aryl methyl sites for hydroxylation is 1. The van der Waals surface area contributed by atoms with Gasteiger partial charge in [0, 0.05) is 29.4 Å². The smallest absolute Gasteiger partial charge is 0.225 e. The molecule has 116 valence electrons. The molecule has 22 heavy (non-hydrogen) atoms. The van der Waals surface area contributed by atoms with E-state index in [2.05, 4.69) is 20.6 Å². The first kappa shape index (κ1) is 15.1. The van der Waals surface area contributed by atoms with Gasteiger partial charge in [0.05, 0.1) is 0 Å². The van der Waals surface area contributed by atoms with E-state index in [1.54, 1.807) is 0 Å². The van der Waals surface area contributed by atoms with Gasteiger partial charge in [-0.1, -0.05) is 42.6 Å². The van der Waals surface area contributed by atoms with Crippen molar-refractivity contribution in [2.24, 2.45) is 0 Å². The van der Waals surface area contributed by atoms with Gasteiger partial charge in [0.2, 0.25) is 5.95 Å². The lowest BCUT2D eigenvalue weighted by Gasteiger charge is -2.14. The largest absolute Gasteiger partial charge is 0.367 e. The third-order valence-electron chi connectivity index (χ3n) is 3.96. The van der Waals surface area contributed by atoms with E-state index in [9.17, 15) is 0 Å². The Morgan fingerprint density at radius 1 is 1.18 bits per heavy atom. The molecule has 2 aromatic rings. The highest BCUT2D eigenvalue weighted by molar-refractivity contribution is 6.31. The van der Waals surface area contributed by atoms with Crippen LogP contribution in [0.15, 0.2) is 30.3 Å². The Bertz CT molecular complexity index is 638. The Balaban J connectivity index is 1.68. The summed E-state index contributed by atoms with van der Waals surface area (Å²) in [5, 5.41) is 7.53. The molecular formula is C17H21ClN4. The van der Waals surface area contributed by atoms with Crippen LogP contribution in [0.2, 0.25) is 5.02 Å². The van der Waals surface area contributed by atoms with Gasteiger partial charge in [-0.15, -0.1) is 0 Å². The molecule has 0 bridgehead atoms. The van der Waals surface area contributed by atoms with Gasteiger partial charge in [0.25, 0.3) is 0 Å². The molecule has 0 atom stereocenters. The van der Waals surface area contributed by atoms with E-state index < -0.39 is 0 Å². The molecule has 0 amide bonds. The third kappa shape index (κ3) is 3.89. The van der Waals surface area contributed by atoms with Crippen LogP contribution in [0.1, 0.15) is 36.9 Å². The molecule has 4 nitrogen and oxygen atoms in total. The molecule has 1 saturated carbocycles. The number of halogens is 1. The van der Waals surface area contributed by atoms with Crippen LogP contribution in [-0.4, -0.2) is 16.0 Å². The Kier molecular flexibility index (Phi) is 4.78. The van der Waals surface area contributed by atoms with Gasteiger partial charge in [-0.2, -0.15) is 4.98 Å². The van der Waals surface area contributed by atoms with Crippen LogP contribution in [0.5, 0.6) is 0 Å². The minimum Gasteiger partial charge on any atom is -0.367 e. The Morgan fingerprint density at radius 2 is 1.95 bits per heavy atom. The van der Waals surface area contributed by atoms with E-state index >= 15 is 0 Å². The summed E-state index contributed by atoms with van der Waals surface area (Å²) in [5.74, 6) is 1.54. The highest BCUT2D eigenvalue weighted by Crippen LogP contribution is 2.22. The van der Waals surface area contributed by atoms with E-state index in [4.69, 9.17) is 11.6 Å².